The van der Waals surface area contributed by atoms with E-state index in [1.165, 1.54) is 17.3 Å². The predicted molar refractivity (Wildman–Crippen MR) is 93.2 cm³/mol. The Balaban J connectivity index is 1.66. The minimum atomic E-state index is -0.257. The molecule has 1 fully saturated rings. The number of benzene rings is 1. The largest absolute Gasteiger partial charge is 0.373 e. The lowest BCUT2D eigenvalue weighted by Crippen LogP contribution is -2.33. The lowest BCUT2D eigenvalue weighted by molar-refractivity contribution is -0.0284. The summed E-state index contributed by atoms with van der Waals surface area (Å²) in [5.74, 6) is 0.140. The van der Waals surface area contributed by atoms with Crippen molar-refractivity contribution in [3.8, 4) is 0 Å². The van der Waals surface area contributed by atoms with E-state index in [9.17, 15) is 4.39 Å². The maximum Gasteiger partial charge on any atom is 0.146 e. The van der Waals surface area contributed by atoms with E-state index in [2.05, 4.69) is 41.5 Å². The molecular formula is C20H25FN2O. The van der Waals surface area contributed by atoms with Gasteiger partial charge in [0.2, 0.25) is 0 Å². The number of aryl methyl sites for hydroxylation is 1. The Bertz CT molecular complexity index is 659. The molecule has 1 aliphatic rings. The Kier molecular flexibility index (Phi) is 5.59. The molecule has 1 N–H and O–H groups in total. The highest BCUT2D eigenvalue weighted by atomic mass is 19.1. The Morgan fingerprint density at radius 1 is 1.29 bits per heavy atom. The molecule has 0 spiro atoms. The highest BCUT2D eigenvalue weighted by molar-refractivity contribution is 5.24. The van der Waals surface area contributed by atoms with E-state index < -0.39 is 0 Å². The fourth-order valence-electron chi connectivity index (χ4n) is 3.35. The molecule has 128 valence electrons. The quantitative estimate of drug-likeness (QED) is 0.886. The molecule has 24 heavy (non-hydrogen) atoms. The molecule has 3 atom stereocenters. The first kappa shape index (κ1) is 17.1. The molecule has 0 amide bonds. The maximum absolute atomic E-state index is 13.9. The van der Waals surface area contributed by atoms with Crippen LogP contribution in [0.4, 0.5) is 4.39 Å². The smallest absolute Gasteiger partial charge is 0.146 e. The maximum atomic E-state index is 13.9. The molecule has 1 saturated heterocycles. The molecule has 1 aromatic heterocycles. The van der Waals surface area contributed by atoms with E-state index in [0.29, 0.717) is 11.5 Å². The lowest BCUT2D eigenvalue weighted by Gasteiger charge is -2.33. The first-order chi connectivity index (χ1) is 11.6. The Morgan fingerprint density at radius 2 is 2.08 bits per heavy atom. The van der Waals surface area contributed by atoms with Gasteiger partial charge in [-0.1, -0.05) is 29.8 Å². The van der Waals surface area contributed by atoms with Crippen LogP contribution in [0.3, 0.4) is 0 Å². The van der Waals surface area contributed by atoms with Crippen molar-refractivity contribution in [3.63, 3.8) is 0 Å². The first-order valence-corrected chi connectivity index (χ1v) is 8.66. The van der Waals surface area contributed by atoms with E-state index in [1.807, 2.05) is 6.92 Å². The van der Waals surface area contributed by atoms with Crippen molar-refractivity contribution in [1.82, 2.24) is 10.3 Å². The van der Waals surface area contributed by atoms with Crippen LogP contribution in [0.1, 0.15) is 48.6 Å². The Morgan fingerprint density at radius 3 is 2.83 bits per heavy atom. The normalized spacial score (nSPS) is 22.3. The van der Waals surface area contributed by atoms with Crippen LogP contribution in [-0.4, -0.2) is 18.1 Å². The van der Waals surface area contributed by atoms with Gasteiger partial charge in [0, 0.05) is 36.9 Å². The van der Waals surface area contributed by atoms with Crippen molar-refractivity contribution in [3.05, 3.63) is 65.2 Å². The number of nitrogens with one attached hydrogen (secondary N) is 1. The summed E-state index contributed by atoms with van der Waals surface area (Å²) in [4.78, 5) is 3.81. The predicted octanol–water partition coefficient (Wildman–Crippen LogP) is 4.35. The molecular weight excluding hydrogens is 303 g/mol. The minimum absolute atomic E-state index is 0.0476. The summed E-state index contributed by atoms with van der Waals surface area (Å²) in [6, 6.07) is 10.3. The number of pyridine rings is 1. The van der Waals surface area contributed by atoms with E-state index in [1.54, 1.807) is 12.3 Å². The average Bonchev–Trinajstić information content (AvgIpc) is 2.61. The third kappa shape index (κ3) is 4.00. The van der Waals surface area contributed by atoms with Crippen LogP contribution >= 0.6 is 0 Å². The van der Waals surface area contributed by atoms with Gasteiger partial charge in [-0.25, -0.2) is 4.39 Å². The number of hydrogen-bond acceptors (Lipinski definition) is 3. The van der Waals surface area contributed by atoms with Gasteiger partial charge >= 0.3 is 0 Å². The number of halogens is 1. The van der Waals surface area contributed by atoms with Gasteiger partial charge in [0.05, 0.1) is 12.3 Å². The van der Waals surface area contributed by atoms with Crippen molar-refractivity contribution >= 4 is 0 Å². The second kappa shape index (κ2) is 7.86. The molecule has 3 nitrogen and oxygen atoms in total. The summed E-state index contributed by atoms with van der Waals surface area (Å²) in [6.07, 6.45) is 5.22. The molecule has 1 aliphatic heterocycles. The van der Waals surface area contributed by atoms with Gasteiger partial charge in [0.15, 0.2) is 0 Å². The number of rotatable bonds is 5. The molecule has 0 saturated carbocycles. The molecule has 3 rings (SSSR count). The highest BCUT2D eigenvalue weighted by Gasteiger charge is 2.27. The van der Waals surface area contributed by atoms with Crippen LogP contribution < -0.4 is 5.32 Å². The second-order valence-electron chi connectivity index (χ2n) is 6.63. The van der Waals surface area contributed by atoms with Gasteiger partial charge in [-0.3, -0.25) is 4.98 Å². The average molecular weight is 328 g/mol. The monoisotopic (exact) mass is 328 g/mol. The van der Waals surface area contributed by atoms with Gasteiger partial charge in [-0.05, 0) is 38.3 Å². The number of aromatic nitrogens is 1. The van der Waals surface area contributed by atoms with Crippen LogP contribution in [0.5, 0.6) is 0 Å². The van der Waals surface area contributed by atoms with Crippen molar-refractivity contribution in [2.45, 2.75) is 38.8 Å². The molecule has 4 heteroatoms. The van der Waals surface area contributed by atoms with Crippen molar-refractivity contribution in [1.29, 1.82) is 0 Å². The topological polar surface area (TPSA) is 34.1 Å². The number of hydrogen-bond donors (Lipinski definition) is 1. The zero-order chi connectivity index (χ0) is 16.9. The van der Waals surface area contributed by atoms with Crippen LogP contribution in [-0.2, 0) is 4.74 Å². The molecule has 2 heterocycles. The van der Waals surface area contributed by atoms with Gasteiger partial charge in [0.25, 0.3) is 0 Å². The first-order valence-electron chi connectivity index (χ1n) is 8.66. The molecule has 1 aromatic carbocycles. The third-order valence-electron chi connectivity index (χ3n) is 4.81. The van der Waals surface area contributed by atoms with E-state index >= 15 is 0 Å². The molecule has 2 aromatic rings. The van der Waals surface area contributed by atoms with Gasteiger partial charge in [-0.15, -0.1) is 0 Å². The van der Waals surface area contributed by atoms with Gasteiger partial charge < -0.3 is 10.1 Å². The van der Waals surface area contributed by atoms with Crippen LogP contribution in [0, 0.1) is 18.7 Å². The molecule has 0 unspecified atom stereocenters. The van der Waals surface area contributed by atoms with Crippen LogP contribution in [0.25, 0.3) is 0 Å². The number of nitrogens with zero attached hydrogens (tertiary/aromatic N) is 1. The lowest BCUT2D eigenvalue weighted by atomic mass is 9.89. The highest BCUT2D eigenvalue weighted by Crippen LogP contribution is 2.33. The molecule has 0 radical (unpaired) electrons. The summed E-state index contributed by atoms with van der Waals surface area (Å²) in [5, 5.41) is 3.47. The molecule has 0 bridgehead atoms. The zero-order valence-electron chi connectivity index (χ0n) is 14.3. The van der Waals surface area contributed by atoms with Gasteiger partial charge in [-0.2, -0.15) is 0 Å². The second-order valence-corrected chi connectivity index (χ2v) is 6.63. The molecule has 0 aliphatic carbocycles. The summed E-state index contributed by atoms with van der Waals surface area (Å²) in [5.41, 5.74) is 3.15. The fourth-order valence-corrected chi connectivity index (χ4v) is 3.35. The van der Waals surface area contributed by atoms with Crippen LogP contribution in [0.2, 0.25) is 0 Å². The Labute approximate surface area is 143 Å². The SMILES string of the molecule is Cc1ccc([C@@H]2OCCC[C@H]2CN[C@H](C)c2ccncc2F)cc1. The van der Waals surface area contributed by atoms with E-state index in [4.69, 9.17) is 4.74 Å². The summed E-state index contributed by atoms with van der Waals surface area (Å²) in [6.45, 7) is 5.70. The van der Waals surface area contributed by atoms with Crippen molar-refractivity contribution in [2.24, 2.45) is 5.92 Å². The summed E-state index contributed by atoms with van der Waals surface area (Å²) >= 11 is 0. The number of ether oxygens (including phenoxy) is 1. The fraction of sp³-hybridized carbons (Fsp3) is 0.450. The van der Waals surface area contributed by atoms with E-state index in [0.717, 1.165) is 26.0 Å². The van der Waals surface area contributed by atoms with E-state index in [-0.39, 0.29) is 18.0 Å². The van der Waals surface area contributed by atoms with Crippen molar-refractivity contribution in [2.75, 3.05) is 13.2 Å². The summed E-state index contributed by atoms with van der Waals surface area (Å²) in [7, 11) is 0. The Hall–Kier alpha value is -1.78. The standard InChI is InChI=1S/C20H25FN2O/c1-14-5-7-16(8-6-14)20-17(4-3-11-24-20)12-23-15(2)18-9-10-22-13-19(18)21/h5-10,13,15,17,20,23H,3-4,11-12H2,1-2H3/t15-,17+,20+/m1/s1. The minimum Gasteiger partial charge on any atom is -0.373 e. The third-order valence-corrected chi connectivity index (χ3v) is 4.81. The van der Waals surface area contributed by atoms with Gasteiger partial charge in [0.1, 0.15) is 5.82 Å². The summed E-state index contributed by atoms with van der Waals surface area (Å²) < 4.78 is 19.9. The van der Waals surface area contributed by atoms with Crippen LogP contribution in [0.15, 0.2) is 42.7 Å². The zero-order valence-corrected chi connectivity index (χ0v) is 14.3. The van der Waals surface area contributed by atoms with Crippen molar-refractivity contribution < 1.29 is 9.13 Å².